The van der Waals surface area contributed by atoms with Crippen LogP contribution in [0.25, 0.3) is 0 Å². The lowest BCUT2D eigenvalue weighted by Gasteiger charge is -2.15. The Morgan fingerprint density at radius 2 is 2.12 bits per heavy atom. The van der Waals surface area contributed by atoms with Crippen molar-refractivity contribution in [2.75, 3.05) is 17.6 Å². The van der Waals surface area contributed by atoms with Gasteiger partial charge in [0.2, 0.25) is 0 Å². The van der Waals surface area contributed by atoms with E-state index in [1.807, 2.05) is 0 Å². The number of hydrogen-bond donors (Lipinski definition) is 3. The van der Waals surface area contributed by atoms with E-state index in [0.717, 1.165) is 6.33 Å². The standard InChI is InChI=1S/C7H8ClF3N4O/c8-4-5(12)14-2-15-6(4)13-1-3(16)7(9,10)11/h2-3,16H,1H2,(H3,12,13,14,15). The Morgan fingerprint density at radius 3 is 2.69 bits per heavy atom. The minimum Gasteiger partial charge on any atom is -0.382 e. The lowest BCUT2D eigenvalue weighted by molar-refractivity contribution is -0.198. The summed E-state index contributed by atoms with van der Waals surface area (Å²) in [7, 11) is 0. The van der Waals surface area contributed by atoms with Crippen LogP contribution in [0.15, 0.2) is 6.33 Å². The first-order chi connectivity index (χ1) is 7.32. The summed E-state index contributed by atoms with van der Waals surface area (Å²) in [6.45, 7) is -0.764. The molecule has 0 aromatic carbocycles. The number of nitrogen functional groups attached to an aromatic ring is 1. The second-order valence-corrected chi connectivity index (χ2v) is 3.24. The maximum Gasteiger partial charge on any atom is 0.416 e. The SMILES string of the molecule is Nc1ncnc(NCC(O)C(F)(F)F)c1Cl. The van der Waals surface area contributed by atoms with Crippen molar-refractivity contribution in [3.05, 3.63) is 11.3 Å². The summed E-state index contributed by atoms with van der Waals surface area (Å²) in [6, 6.07) is 0. The van der Waals surface area contributed by atoms with Gasteiger partial charge in [0, 0.05) is 0 Å². The van der Waals surface area contributed by atoms with E-state index >= 15 is 0 Å². The first-order valence-electron chi connectivity index (χ1n) is 4.07. The average molecular weight is 257 g/mol. The van der Waals surface area contributed by atoms with Gasteiger partial charge in [-0.25, -0.2) is 9.97 Å². The largest absolute Gasteiger partial charge is 0.416 e. The van der Waals surface area contributed by atoms with Crippen molar-refractivity contribution in [1.82, 2.24) is 9.97 Å². The summed E-state index contributed by atoms with van der Waals surface area (Å²) >= 11 is 5.62. The molecular weight excluding hydrogens is 249 g/mol. The third kappa shape index (κ3) is 3.11. The third-order valence-electron chi connectivity index (χ3n) is 1.66. The highest BCUT2D eigenvalue weighted by Gasteiger charge is 2.38. The monoisotopic (exact) mass is 256 g/mol. The van der Waals surface area contributed by atoms with Crippen LogP contribution in [0, 0.1) is 0 Å². The minimum absolute atomic E-state index is 0.0549. The quantitative estimate of drug-likeness (QED) is 0.753. The van der Waals surface area contributed by atoms with E-state index in [-0.39, 0.29) is 16.7 Å². The van der Waals surface area contributed by atoms with Gasteiger partial charge in [-0.1, -0.05) is 11.6 Å². The van der Waals surface area contributed by atoms with Gasteiger partial charge in [0.15, 0.2) is 11.9 Å². The molecule has 0 radical (unpaired) electrons. The summed E-state index contributed by atoms with van der Waals surface area (Å²) in [6.07, 6.45) is -6.15. The Labute approximate surface area is 93.4 Å². The Morgan fingerprint density at radius 1 is 1.50 bits per heavy atom. The number of halogens is 4. The first kappa shape index (κ1) is 12.8. The van der Waals surface area contributed by atoms with Crippen LogP contribution in [-0.2, 0) is 0 Å². The highest BCUT2D eigenvalue weighted by atomic mass is 35.5. The molecule has 1 unspecified atom stereocenters. The van der Waals surface area contributed by atoms with Gasteiger partial charge in [-0.05, 0) is 0 Å². The van der Waals surface area contributed by atoms with Crippen molar-refractivity contribution in [3.63, 3.8) is 0 Å². The minimum atomic E-state index is -4.70. The molecule has 0 saturated carbocycles. The van der Waals surface area contributed by atoms with Crippen molar-refractivity contribution < 1.29 is 18.3 Å². The van der Waals surface area contributed by atoms with Crippen molar-refractivity contribution in [1.29, 1.82) is 0 Å². The van der Waals surface area contributed by atoms with E-state index in [1.165, 1.54) is 0 Å². The molecule has 1 aromatic rings. The molecule has 0 amide bonds. The Kier molecular flexibility index (Phi) is 3.76. The number of aliphatic hydroxyl groups is 1. The van der Waals surface area contributed by atoms with Crippen LogP contribution in [-0.4, -0.2) is 33.9 Å². The predicted octanol–water partition coefficient (Wildman–Crippen LogP) is 1.05. The zero-order valence-electron chi connectivity index (χ0n) is 7.79. The fraction of sp³-hybridized carbons (Fsp3) is 0.429. The fourth-order valence-corrected chi connectivity index (χ4v) is 0.980. The highest BCUT2D eigenvalue weighted by molar-refractivity contribution is 6.35. The lowest BCUT2D eigenvalue weighted by Crippen LogP contribution is -2.35. The summed E-state index contributed by atoms with van der Waals surface area (Å²) in [5.41, 5.74) is 5.31. The molecule has 0 bridgehead atoms. The van der Waals surface area contributed by atoms with Crippen molar-refractivity contribution in [2.45, 2.75) is 12.3 Å². The van der Waals surface area contributed by atoms with Crippen LogP contribution in [0.1, 0.15) is 0 Å². The number of nitrogens with zero attached hydrogens (tertiary/aromatic N) is 2. The van der Waals surface area contributed by atoms with Crippen LogP contribution < -0.4 is 11.1 Å². The molecule has 16 heavy (non-hydrogen) atoms. The highest BCUT2D eigenvalue weighted by Crippen LogP contribution is 2.24. The fourth-order valence-electron chi connectivity index (χ4n) is 0.816. The summed E-state index contributed by atoms with van der Waals surface area (Å²) in [4.78, 5) is 7.11. The van der Waals surface area contributed by atoms with Gasteiger partial charge in [-0.3, -0.25) is 0 Å². The van der Waals surface area contributed by atoms with Crippen molar-refractivity contribution in [2.24, 2.45) is 0 Å². The molecule has 1 heterocycles. The first-order valence-corrected chi connectivity index (χ1v) is 4.44. The molecule has 1 rings (SSSR count). The van der Waals surface area contributed by atoms with E-state index < -0.39 is 18.8 Å². The zero-order chi connectivity index (χ0) is 12.3. The van der Waals surface area contributed by atoms with Crippen LogP contribution in [0.4, 0.5) is 24.8 Å². The number of hydrogen-bond acceptors (Lipinski definition) is 5. The van der Waals surface area contributed by atoms with E-state index in [0.29, 0.717) is 0 Å². The third-order valence-corrected chi connectivity index (χ3v) is 2.03. The number of rotatable bonds is 3. The van der Waals surface area contributed by atoms with Gasteiger partial charge in [-0.15, -0.1) is 0 Å². The number of nitrogens with one attached hydrogen (secondary N) is 1. The van der Waals surface area contributed by atoms with E-state index in [4.69, 9.17) is 22.4 Å². The maximum atomic E-state index is 12.0. The molecule has 0 spiro atoms. The molecule has 9 heteroatoms. The molecule has 1 atom stereocenters. The number of alkyl halides is 3. The molecular formula is C7H8ClF3N4O. The number of aromatic nitrogens is 2. The molecule has 0 aliphatic carbocycles. The van der Waals surface area contributed by atoms with Gasteiger partial charge in [-0.2, -0.15) is 13.2 Å². The second-order valence-electron chi connectivity index (χ2n) is 2.86. The van der Waals surface area contributed by atoms with Gasteiger partial charge >= 0.3 is 6.18 Å². The van der Waals surface area contributed by atoms with Crippen molar-refractivity contribution >= 4 is 23.2 Å². The molecule has 90 valence electrons. The maximum absolute atomic E-state index is 12.0. The Bertz CT molecular complexity index is 373. The summed E-state index contributed by atoms with van der Waals surface area (Å²) in [5, 5.41) is 10.8. The number of nitrogens with two attached hydrogens (primary N) is 1. The zero-order valence-corrected chi connectivity index (χ0v) is 8.55. The van der Waals surface area contributed by atoms with Crippen LogP contribution in [0.2, 0.25) is 5.02 Å². The number of anilines is 2. The normalized spacial score (nSPS) is 13.6. The van der Waals surface area contributed by atoms with E-state index in [1.54, 1.807) is 0 Å². The second kappa shape index (κ2) is 4.71. The Balaban J connectivity index is 2.65. The van der Waals surface area contributed by atoms with Gasteiger partial charge in [0.25, 0.3) is 0 Å². The molecule has 0 aliphatic heterocycles. The predicted molar refractivity (Wildman–Crippen MR) is 52.0 cm³/mol. The van der Waals surface area contributed by atoms with E-state index in [9.17, 15) is 13.2 Å². The van der Waals surface area contributed by atoms with Gasteiger partial charge in [0.1, 0.15) is 17.2 Å². The molecule has 0 fully saturated rings. The topological polar surface area (TPSA) is 84.1 Å². The van der Waals surface area contributed by atoms with Crippen LogP contribution in [0.5, 0.6) is 0 Å². The van der Waals surface area contributed by atoms with Crippen LogP contribution >= 0.6 is 11.6 Å². The smallest absolute Gasteiger partial charge is 0.382 e. The number of aliphatic hydroxyl groups excluding tert-OH is 1. The van der Waals surface area contributed by atoms with Gasteiger partial charge in [0.05, 0.1) is 6.54 Å². The van der Waals surface area contributed by atoms with Crippen LogP contribution in [0.3, 0.4) is 0 Å². The molecule has 4 N–H and O–H groups in total. The summed E-state index contributed by atoms with van der Waals surface area (Å²) < 4.78 is 35.9. The molecule has 1 aromatic heterocycles. The lowest BCUT2D eigenvalue weighted by atomic mass is 10.3. The molecule has 0 saturated heterocycles. The molecule has 5 nitrogen and oxygen atoms in total. The summed E-state index contributed by atoms with van der Waals surface area (Å²) in [5.74, 6) is -0.113. The average Bonchev–Trinajstić information content (AvgIpc) is 2.18. The van der Waals surface area contributed by atoms with Gasteiger partial charge < -0.3 is 16.2 Å². The molecule has 0 aliphatic rings. The van der Waals surface area contributed by atoms with E-state index in [2.05, 4.69) is 15.3 Å². The van der Waals surface area contributed by atoms with Crippen molar-refractivity contribution in [3.8, 4) is 0 Å². The Hall–Kier alpha value is -1.28.